The normalized spacial score (nSPS) is 26.1. The van der Waals surface area contributed by atoms with Crippen molar-refractivity contribution in [1.82, 2.24) is 10.6 Å². The van der Waals surface area contributed by atoms with Gasteiger partial charge < -0.3 is 20.5 Å². The molecule has 2 amide bonds. The number of aliphatic carboxylic acids is 1. The molecule has 4 atom stereocenters. The van der Waals surface area contributed by atoms with E-state index in [1.807, 2.05) is 30.3 Å². The quantitative estimate of drug-likeness (QED) is 0.713. The summed E-state index contributed by atoms with van der Waals surface area (Å²) in [7, 11) is 0. The van der Waals surface area contributed by atoms with E-state index in [0.29, 0.717) is 12.8 Å². The number of hydrogen-bond donors (Lipinski definition) is 3. The number of nitrogens with one attached hydrogen (secondary N) is 2. The van der Waals surface area contributed by atoms with E-state index in [-0.39, 0.29) is 36.7 Å². The van der Waals surface area contributed by atoms with Crippen molar-refractivity contribution in [1.29, 1.82) is 0 Å². The number of amides is 2. The number of benzene rings is 1. The third-order valence-electron chi connectivity index (χ3n) is 4.79. The summed E-state index contributed by atoms with van der Waals surface area (Å²) < 4.78 is 5.75. The lowest BCUT2D eigenvalue weighted by atomic mass is 9.95. The van der Waals surface area contributed by atoms with E-state index in [0.717, 1.165) is 24.8 Å². The predicted molar refractivity (Wildman–Crippen MR) is 88.8 cm³/mol. The standard InChI is InChI=1S/C18H24N2O4/c21-17(22)9-6-13(10-12-4-2-1-3-5-12)19-18(23)20-15-11-14-7-8-16(15)24-14/h1-5,13-16H,6-11H2,(H,21,22)(H2,19,20,23). The molecule has 2 fully saturated rings. The second kappa shape index (κ2) is 7.66. The Morgan fingerprint density at radius 3 is 2.67 bits per heavy atom. The Kier molecular flexibility index (Phi) is 5.35. The Labute approximate surface area is 141 Å². The van der Waals surface area contributed by atoms with Crippen LogP contribution in [0, 0.1) is 0 Å². The number of hydrogen-bond acceptors (Lipinski definition) is 3. The van der Waals surface area contributed by atoms with E-state index < -0.39 is 5.97 Å². The maximum Gasteiger partial charge on any atom is 0.315 e. The second-order valence-electron chi connectivity index (χ2n) is 6.65. The zero-order valence-corrected chi connectivity index (χ0v) is 13.6. The number of carbonyl (C=O) groups is 2. The average molecular weight is 332 g/mol. The molecule has 4 unspecified atom stereocenters. The molecule has 6 heteroatoms. The first-order valence-electron chi connectivity index (χ1n) is 8.58. The van der Waals surface area contributed by atoms with E-state index >= 15 is 0 Å². The van der Waals surface area contributed by atoms with E-state index in [1.54, 1.807) is 0 Å². The first-order chi connectivity index (χ1) is 11.6. The molecular formula is C18H24N2O4. The third kappa shape index (κ3) is 4.47. The van der Waals surface area contributed by atoms with Crippen LogP contribution in [-0.2, 0) is 16.0 Å². The van der Waals surface area contributed by atoms with Crippen LogP contribution in [0.2, 0.25) is 0 Å². The lowest BCUT2D eigenvalue weighted by Crippen LogP contribution is -2.49. The summed E-state index contributed by atoms with van der Waals surface area (Å²) in [5.41, 5.74) is 1.08. The van der Waals surface area contributed by atoms with Gasteiger partial charge >= 0.3 is 12.0 Å². The van der Waals surface area contributed by atoms with Gasteiger partial charge in [0.2, 0.25) is 0 Å². The van der Waals surface area contributed by atoms with Crippen LogP contribution < -0.4 is 10.6 Å². The first kappa shape index (κ1) is 16.8. The van der Waals surface area contributed by atoms with Crippen molar-refractivity contribution in [3.8, 4) is 0 Å². The highest BCUT2D eigenvalue weighted by atomic mass is 16.5. The summed E-state index contributed by atoms with van der Waals surface area (Å²) in [6, 6.07) is 9.41. The Bertz CT molecular complexity index is 578. The smallest absolute Gasteiger partial charge is 0.315 e. The molecule has 1 aromatic carbocycles. The molecule has 2 bridgehead atoms. The Morgan fingerprint density at radius 1 is 1.25 bits per heavy atom. The van der Waals surface area contributed by atoms with E-state index in [1.165, 1.54) is 0 Å². The molecule has 0 spiro atoms. The molecule has 2 saturated heterocycles. The van der Waals surface area contributed by atoms with Crippen molar-refractivity contribution in [2.45, 2.75) is 62.8 Å². The number of carbonyl (C=O) groups excluding carboxylic acids is 1. The molecular weight excluding hydrogens is 308 g/mol. The summed E-state index contributed by atoms with van der Waals surface area (Å²) in [5, 5.41) is 14.8. The van der Waals surface area contributed by atoms with Crippen molar-refractivity contribution in [2.24, 2.45) is 0 Å². The van der Waals surface area contributed by atoms with Gasteiger partial charge in [-0.2, -0.15) is 0 Å². The fourth-order valence-electron chi connectivity index (χ4n) is 3.61. The van der Waals surface area contributed by atoms with Gasteiger partial charge in [-0.15, -0.1) is 0 Å². The molecule has 2 aliphatic rings. The van der Waals surface area contributed by atoms with Crippen LogP contribution in [0.5, 0.6) is 0 Å². The Morgan fingerprint density at radius 2 is 2.04 bits per heavy atom. The van der Waals surface area contributed by atoms with Gasteiger partial charge in [-0.3, -0.25) is 4.79 Å². The molecule has 0 radical (unpaired) electrons. The molecule has 0 aliphatic carbocycles. The number of carboxylic acids is 1. The maximum atomic E-state index is 12.3. The van der Waals surface area contributed by atoms with Crippen LogP contribution >= 0.6 is 0 Å². The zero-order chi connectivity index (χ0) is 16.9. The van der Waals surface area contributed by atoms with Crippen molar-refractivity contribution in [3.63, 3.8) is 0 Å². The van der Waals surface area contributed by atoms with Crippen molar-refractivity contribution < 1.29 is 19.4 Å². The highest BCUT2D eigenvalue weighted by Crippen LogP contribution is 2.34. The van der Waals surface area contributed by atoms with Crippen LogP contribution in [0.4, 0.5) is 4.79 Å². The Hall–Kier alpha value is -2.08. The molecule has 1 aromatic rings. The molecule has 3 N–H and O–H groups in total. The first-order valence-corrected chi connectivity index (χ1v) is 8.58. The molecule has 24 heavy (non-hydrogen) atoms. The van der Waals surface area contributed by atoms with Gasteiger partial charge in [-0.05, 0) is 37.7 Å². The summed E-state index contributed by atoms with van der Waals surface area (Å²) >= 11 is 0. The highest BCUT2D eigenvalue weighted by molar-refractivity contribution is 5.75. The van der Waals surface area contributed by atoms with Gasteiger partial charge in [-0.1, -0.05) is 30.3 Å². The average Bonchev–Trinajstić information content (AvgIpc) is 3.16. The third-order valence-corrected chi connectivity index (χ3v) is 4.79. The minimum Gasteiger partial charge on any atom is -0.481 e. The van der Waals surface area contributed by atoms with Crippen molar-refractivity contribution in [2.75, 3.05) is 0 Å². The molecule has 0 aromatic heterocycles. The van der Waals surface area contributed by atoms with Gasteiger partial charge in [0, 0.05) is 12.5 Å². The number of fused-ring (bicyclic) bond motifs is 2. The van der Waals surface area contributed by atoms with Gasteiger partial charge in [0.05, 0.1) is 18.2 Å². The number of urea groups is 1. The molecule has 2 aliphatic heterocycles. The largest absolute Gasteiger partial charge is 0.481 e. The number of carboxylic acid groups (broad SMARTS) is 1. The topological polar surface area (TPSA) is 87.7 Å². The van der Waals surface area contributed by atoms with E-state index in [4.69, 9.17) is 9.84 Å². The minimum atomic E-state index is -0.850. The van der Waals surface area contributed by atoms with Gasteiger partial charge in [0.25, 0.3) is 0 Å². The fourth-order valence-corrected chi connectivity index (χ4v) is 3.61. The molecule has 6 nitrogen and oxygen atoms in total. The SMILES string of the molecule is O=C(O)CCC(Cc1ccccc1)NC(=O)NC1CC2CCC1O2. The minimum absolute atomic E-state index is 0.0367. The van der Waals surface area contributed by atoms with Crippen molar-refractivity contribution >= 4 is 12.0 Å². The number of ether oxygens (including phenoxy) is 1. The van der Waals surface area contributed by atoms with Crippen LogP contribution in [0.1, 0.15) is 37.7 Å². The molecule has 3 rings (SSSR count). The predicted octanol–water partition coefficient (Wildman–Crippen LogP) is 2.08. The lowest BCUT2D eigenvalue weighted by Gasteiger charge is -2.23. The van der Waals surface area contributed by atoms with E-state index in [2.05, 4.69) is 10.6 Å². The fraction of sp³-hybridized carbons (Fsp3) is 0.556. The second-order valence-corrected chi connectivity index (χ2v) is 6.65. The Balaban J connectivity index is 1.53. The van der Waals surface area contributed by atoms with Gasteiger partial charge in [0.1, 0.15) is 0 Å². The molecule has 0 saturated carbocycles. The lowest BCUT2D eigenvalue weighted by molar-refractivity contribution is -0.137. The van der Waals surface area contributed by atoms with Gasteiger partial charge in [0.15, 0.2) is 0 Å². The van der Waals surface area contributed by atoms with Crippen LogP contribution in [0.15, 0.2) is 30.3 Å². The monoisotopic (exact) mass is 332 g/mol. The van der Waals surface area contributed by atoms with E-state index in [9.17, 15) is 9.59 Å². The summed E-state index contributed by atoms with van der Waals surface area (Å²) in [5.74, 6) is -0.850. The molecule has 2 heterocycles. The van der Waals surface area contributed by atoms with Crippen LogP contribution in [0.3, 0.4) is 0 Å². The summed E-state index contributed by atoms with van der Waals surface area (Å²) in [6.45, 7) is 0. The highest BCUT2D eigenvalue weighted by Gasteiger charge is 2.41. The summed E-state index contributed by atoms with van der Waals surface area (Å²) in [6.07, 6.45) is 4.44. The molecule has 130 valence electrons. The van der Waals surface area contributed by atoms with Gasteiger partial charge in [-0.25, -0.2) is 4.79 Å². The van der Waals surface area contributed by atoms with Crippen LogP contribution in [-0.4, -0.2) is 41.4 Å². The number of rotatable bonds is 7. The maximum absolute atomic E-state index is 12.3. The zero-order valence-electron chi connectivity index (χ0n) is 13.6. The van der Waals surface area contributed by atoms with Crippen molar-refractivity contribution in [3.05, 3.63) is 35.9 Å². The van der Waals surface area contributed by atoms with Crippen LogP contribution in [0.25, 0.3) is 0 Å². The summed E-state index contributed by atoms with van der Waals surface area (Å²) in [4.78, 5) is 23.2.